The van der Waals surface area contributed by atoms with Crippen molar-refractivity contribution in [2.45, 2.75) is 31.8 Å². The number of rotatable bonds is 5. The van der Waals surface area contributed by atoms with E-state index in [-0.39, 0.29) is 11.7 Å². The molecule has 2 aromatic carbocycles. The summed E-state index contributed by atoms with van der Waals surface area (Å²) >= 11 is 1.41. The van der Waals surface area contributed by atoms with Crippen LogP contribution < -0.4 is 4.74 Å². The van der Waals surface area contributed by atoms with Gasteiger partial charge in [0.2, 0.25) is 5.91 Å². The molecule has 0 spiro atoms. The van der Waals surface area contributed by atoms with Gasteiger partial charge in [-0.3, -0.25) is 9.69 Å². The lowest BCUT2D eigenvalue weighted by molar-refractivity contribution is -0.131. The Hall–Kier alpha value is -2.51. The molecule has 2 aliphatic heterocycles. The van der Waals surface area contributed by atoms with Crippen molar-refractivity contribution in [3.8, 4) is 10.9 Å². The van der Waals surface area contributed by atoms with Gasteiger partial charge in [0.15, 0.2) is 0 Å². The van der Waals surface area contributed by atoms with Crippen LogP contribution in [0.4, 0.5) is 4.39 Å². The molecule has 0 N–H and O–H groups in total. The van der Waals surface area contributed by atoms with Crippen LogP contribution in [0.1, 0.15) is 18.9 Å². The number of piperazine rings is 1. The average molecular weight is 412 g/mol. The summed E-state index contributed by atoms with van der Waals surface area (Å²) in [6.45, 7) is 4.54. The lowest BCUT2D eigenvalue weighted by Crippen LogP contribution is -2.48. The molecule has 0 radical (unpaired) electrons. The summed E-state index contributed by atoms with van der Waals surface area (Å²) in [5.74, 6) is 0.635. The molecular formula is C22H22FN3O2S. The maximum Gasteiger partial charge on any atom is 0.279 e. The number of thiazole rings is 1. The number of likely N-dealkylation sites (tertiary alicyclic amines) is 2. The lowest BCUT2D eigenvalue weighted by Gasteiger charge is -2.33. The predicted octanol–water partition coefficient (Wildman–Crippen LogP) is 4.08. The van der Waals surface area contributed by atoms with Crippen molar-refractivity contribution in [2.75, 3.05) is 19.6 Å². The molecule has 150 valence electrons. The van der Waals surface area contributed by atoms with Crippen LogP contribution in [-0.4, -0.2) is 52.4 Å². The number of carbonyl (C=O) groups excluding carboxylic acids is 1. The Morgan fingerprint density at radius 1 is 1.21 bits per heavy atom. The summed E-state index contributed by atoms with van der Waals surface area (Å²) in [5, 5.41) is 0.515. The Morgan fingerprint density at radius 3 is 2.76 bits per heavy atom. The molecule has 1 aromatic heterocycles. The maximum atomic E-state index is 13.3. The van der Waals surface area contributed by atoms with E-state index >= 15 is 0 Å². The number of halogens is 1. The first kappa shape index (κ1) is 18.5. The van der Waals surface area contributed by atoms with E-state index in [0.29, 0.717) is 22.8 Å². The van der Waals surface area contributed by atoms with E-state index < -0.39 is 0 Å². The number of aromatic nitrogens is 1. The second-order valence-corrected chi connectivity index (χ2v) is 8.79. The van der Waals surface area contributed by atoms with Gasteiger partial charge in [-0.05, 0) is 42.7 Å². The van der Waals surface area contributed by atoms with Gasteiger partial charge < -0.3 is 9.64 Å². The van der Waals surface area contributed by atoms with Crippen molar-refractivity contribution in [1.82, 2.24) is 14.8 Å². The van der Waals surface area contributed by atoms with E-state index in [9.17, 15) is 9.18 Å². The van der Waals surface area contributed by atoms with Crippen molar-refractivity contribution in [3.05, 3.63) is 53.8 Å². The van der Waals surface area contributed by atoms with E-state index in [1.54, 1.807) is 13.0 Å². The van der Waals surface area contributed by atoms with Crippen molar-refractivity contribution >= 4 is 27.5 Å². The summed E-state index contributed by atoms with van der Waals surface area (Å²) < 4.78 is 20.1. The van der Waals surface area contributed by atoms with E-state index in [1.807, 2.05) is 17.0 Å². The van der Waals surface area contributed by atoms with E-state index in [2.05, 4.69) is 22.0 Å². The summed E-state index contributed by atoms with van der Waals surface area (Å²) in [6, 6.07) is 13.6. The van der Waals surface area contributed by atoms with Gasteiger partial charge in [0.25, 0.3) is 5.19 Å². The largest absolute Gasteiger partial charge is 0.431 e. The predicted molar refractivity (Wildman–Crippen MR) is 111 cm³/mol. The van der Waals surface area contributed by atoms with Crippen LogP contribution >= 0.6 is 11.3 Å². The molecule has 2 aliphatic rings. The third-order valence-electron chi connectivity index (χ3n) is 5.90. The molecule has 3 aromatic rings. The van der Waals surface area contributed by atoms with Crippen molar-refractivity contribution < 1.29 is 13.9 Å². The minimum absolute atomic E-state index is 0.200. The highest BCUT2D eigenvalue weighted by Crippen LogP contribution is 2.32. The summed E-state index contributed by atoms with van der Waals surface area (Å²) in [4.78, 5) is 20.5. The number of hydrogen-bond donors (Lipinski definition) is 0. The summed E-state index contributed by atoms with van der Waals surface area (Å²) in [5.41, 5.74) is 1.87. The Morgan fingerprint density at radius 2 is 2.03 bits per heavy atom. The van der Waals surface area contributed by atoms with Gasteiger partial charge in [0.1, 0.15) is 11.6 Å². The maximum absolute atomic E-state index is 13.3. The first-order valence-electron chi connectivity index (χ1n) is 9.89. The molecule has 29 heavy (non-hydrogen) atoms. The number of fused-ring (bicyclic) bond motifs is 3. The highest BCUT2D eigenvalue weighted by Gasteiger charge is 2.43. The molecule has 2 bridgehead atoms. The Labute approximate surface area is 172 Å². The molecule has 7 heteroatoms. The van der Waals surface area contributed by atoms with Gasteiger partial charge in [0, 0.05) is 44.7 Å². The van der Waals surface area contributed by atoms with Crippen LogP contribution in [0, 0.1) is 5.82 Å². The number of carbonyl (C=O) groups is 1. The summed E-state index contributed by atoms with van der Waals surface area (Å²) in [6.07, 6.45) is 2.09. The highest BCUT2D eigenvalue weighted by atomic mass is 32.1. The molecule has 2 fully saturated rings. The molecule has 3 heterocycles. The molecule has 1 amide bonds. The number of hydrogen-bond acceptors (Lipinski definition) is 5. The number of ether oxygens (including phenoxy) is 1. The standard InChI is InChI=1S/C22H22FN3O2S/c1-14(27)26-13-17-11-18(26)12-25(17)9-8-15-2-5-19(6-3-15)28-22-24-20-10-16(23)4-7-21(20)29-22/h2-7,10,17-18H,8-9,11-13H2,1H3/t17-,18+/m1/s1. The van der Waals surface area contributed by atoms with Crippen LogP contribution in [0.3, 0.4) is 0 Å². The first-order valence-corrected chi connectivity index (χ1v) is 10.7. The zero-order valence-corrected chi connectivity index (χ0v) is 17.0. The van der Waals surface area contributed by atoms with Crippen LogP contribution in [0.25, 0.3) is 10.2 Å². The van der Waals surface area contributed by atoms with Crippen LogP contribution in [0.5, 0.6) is 10.9 Å². The van der Waals surface area contributed by atoms with Crippen LogP contribution in [0.2, 0.25) is 0 Å². The Balaban J connectivity index is 1.17. The second kappa shape index (κ2) is 7.39. The van der Waals surface area contributed by atoms with Crippen molar-refractivity contribution in [3.63, 3.8) is 0 Å². The Bertz CT molecular complexity index is 1050. The Kier molecular flexibility index (Phi) is 4.72. The number of benzene rings is 2. The third-order valence-corrected chi connectivity index (χ3v) is 6.82. The lowest BCUT2D eigenvalue weighted by atomic mass is 10.1. The first-order chi connectivity index (χ1) is 14.0. The van der Waals surface area contributed by atoms with Crippen molar-refractivity contribution in [2.24, 2.45) is 0 Å². The SMILES string of the molecule is CC(=O)N1C[C@H]2C[C@H]1CN2CCc1ccc(Oc2nc3cc(F)ccc3s2)cc1. The third kappa shape index (κ3) is 3.72. The van der Waals surface area contributed by atoms with Gasteiger partial charge in [-0.1, -0.05) is 23.5 Å². The van der Waals surface area contributed by atoms with Gasteiger partial charge in [0.05, 0.1) is 10.2 Å². The molecular weight excluding hydrogens is 389 g/mol. The van der Waals surface area contributed by atoms with Crippen LogP contribution in [-0.2, 0) is 11.2 Å². The monoisotopic (exact) mass is 411 g/mol. The minimum Gasteiger partial charge on any atom is -0.431 e. The van der Waals surface area contributed by atoms with Gasteiger partial charge in [-0.2, -0.15) is 0 Å². The molecule has 0 unspecified atom stereocenters. The van der Waals surface area contributed by atoms with Crippen LogP contribution in [0.15, 0.2) is 42.5 Å². The van der Waals surface area contributed by atoms with Gasteiger partial charge in [-0.15, -0.1) is 0 Å². The van der Waals surface area contributed by atoms with Crippen molar-refractivity contribution in [1.29, 1.82) is 0 Å². The van der Waals surface area contributed by atoms with E-state index in [0.717, 1.165) is 42.9 Å². The van der Waals surface area contributed by atoms with E-state index in [1.165, 1.54) is 29.0 Å². The highest BCUT2D eigenvalue weighted by molar-refractivity contribution is 7.20. The molecule has 2 saturated heterocycles. The normalized spacial score (nSPS) is 21.2. The molecule has 5 nitrogen and oxygen atoms in total. The fourth-order valence-electron chi connectivity index (χ4n) is 4.43. The molecule has 2 atom stereocenters. The average Bonchev–Trinajstić information content (AvgIpc) is 3.40. The van der Waals surface area contributed by atoms with E-state index in [4.69, 9.17) is 4.74 Å². The fourth-order valence-corrected chi connectivity index (χ4v) is 5.24. The summed E-state index contributed by atoms with van der Waals surface area (Å²) in [7, 11) is 0. The topological polar surface area (TPSA) is 45.7 Å². The molecule has 5 rings (SSSR count). The quantitative estimate of drug-likeness (QED) is 0.635. The fraction of sp³-hybridized carbons (Fsp3) is 0.364. The second-order valence-electron chi connectivity index (χ2n) is 7.80. The number of amides is 1. The number of nitrogens with zero attached hydrogens (tertiary/aromatic N) is 3. The molecule has 0 saturated carbocycles. The zero-order chi connectivity index (χ0) is 20.0. The minimum atomic E-state index is -0.293. The van der Waals surface area contributed by atoms with Gasteiger partial charge in [-0.25, -0.2) is 9.37 Å². The zero-order valence-electron chi connectivity index (χ0n) is 16.2. The van der Waals surface area contributed by atoms with Gasteiger partial charge >= 0.3 is 0 Å². The smallest absolute Gasteiger partial charge is 0.279 e. The molecule has 0 aliphatic carbocycles.